The zero-order valence-electron chi connectivity index (χ0n) is 16.0. The van der Waals surface area contributed by atoms with Crippen LogP contribution < -0.4 is 5.32 Å². The number of anilines is 2. The van der Waals surface area contributed by atoms with Crippen LogP contribution in [-0.2, 0) is 4.74 Å². The van der Waals surface area contributed by atoms with Crippen LogP contribution in [0.1, 0.15) is 22.8 Å². The van der Waals surface area contributed by atoms with Crippen molar-refractivity contribution in [3.63, 3.8) is 0 Å². The Labute approximate surface area is 175 Å². The molecule has 0 saturated heterocycles. The maximum absolute atomic E-state index is 12.3. The van der Waals surface area contributed by atoms with Crippen LogP contribution in [0.15, 0.2) is 41.0 Å². The summed E-state index contributed by atoms with van der Waals surface area (Å²) in [6, 6.07) is 8.23. The zero-order chi connectivity index (χ0) is 20.4. The number of fused-ring (bicyclic) bond motifs is 1. The summed E-state index contributed by atoms with van der Waals surface area (Å²) < 4.78 is 6.88. The number of carbonyl (C=O) groups excluding carboxylic acids is 1. The minimum absolute atomic E-state index is 0.238. The van der Waals surface area contributed by atoms with E-state index in [9.17, 15) is 4.79 Å². The van der Waals surface area contributed by atoms with Crippen LogP contribution in [0.5, 0.6) is 0 Å². The number of aromatic nitrogens is 5. The molecular weight excluding hydrogens is 408 g/mol. The molecule has 3 aromatic heterocycles. The Bertz CT molecular complexity index is 1170. The predicted molar refractivity (Wildman–Crippen MR) is 114 cm³/mol. The summed E-state index contributed by atoms with van der Waals surface area (Å²) in [4.78, 5) is 26.1. The van der Waals surface area contributed by atoms with Crippen LogP contribution in [0.4, 0.5) is 11.8 Å². The van der Waals surface area contributed by atoms with Gasteiger partial charge in [0.05, 0.1) is 12.3 Å². The largest absolute Gasteiger partial charge is 0.462 e. The summed E-state index contributed by atoms with van der Waals surface area (Å²) >= 11 is 2.87. The third kappa shape index (κ3) is 3.94. The topological polar surface area (TPSA) is 94.3 Å². The molecule has 0 aliphatic heterocycles. The van der Waals surface area contributed by atoms with Crippen LogP contribution >= 0.6 is 23.1 Å². The lowest BCUT2D eigenvalue weighted by molar-refractivity contribution is 0.0526. The first-order valence-electron chi connectivity index (χ1n) is 8.85. The number of benzene rings is 1. The van der Waals surface area contributed by atoms with E-state index in [2.05, 4.69) is 56.6 Å². The molecule has 0 aliphatic rings. The Morgan fingerprint density at radius 3 is 2.79 bits per heavy atom. The molecule has 1 N–H and O–H groups in total. The summed E-state index contributed by atoms with van der Waals surface area (Å²) in [5, 5.41) is 10.2. The van der Waals surface area contributed by atoms with Crippen molar-refractivity contribution in [1.29, 1.82) is 0 Å². The first-order chi connectivity index (χ1) is 14.1. The van der Waals surface area contributed by atoms with Crippen LogP contribution in [0.3, 0.4) is 0 Å². The predicted octanol–water partition coefficient (Wildman–Crippen LogP) is 4.20. The number of hydrogen-bond acceptors (Lipinski definition) is 9. The van der Waals surface area contributed by atoms with Gasteiger partial charge in [-0.25, -0.2) is 19.3 Å². The lowest BCUT2D eigenvalue weighted by atomic mass is 10.1. The van der Waals surface area contributed by atoms with Crippen molar-refractivity contribution in [2.45, 2.75) is 19.0 Å². The molecule has 0 amide bonds. The number of nitrogens with one attached hydrogen (secondary N) is 1. The second kappa shape index (κ2) is 8.18. The number of aryl methyl sites for hydroxylation is 1. The number of ether oxygens (including phenoxy) is 1. The van der Waals surface area contributed by atoms with E-state index in [4.69, 9.17) is 4.74 Å². The van der Waals surface area contributed by atoms with Crippen LogP contribution in [-0.4, -0.2) is 43.4 Å². The Morgan fingerprint density at radius 2 is 2.07 bits per heavy atom. The molecule has 0 fully saturated rings. The van der Waals surface area contributed by atoms with Crippen LogP contribution in [0, 0.1) is 6.92 Å². The van der Waals surface area contributed by atoms with Crippen molar-refractivity contribution in [1.82, 2.24) is 24.6 Å². The summed E-state index contributed by atoms with van der Waals surface area (Å²) in [7, 11) is 0. The highest BCUT2D eigenvalue weighted by atomic mass is 32.2. The van der Waals surface area contributed by atoms with Gasteiger partial charge in [0.1, 0.15) is 5.56 Å². The van der Waals surface area contributed by atoms with Gasteiger partial charge in [0.15, 0.2) is 11.0 Å². The number of thioether (sulfide) groups is 1. The van der Waals surface area contributed by atoms with Gasteiger partial charge in [0, 0.05) is 17.1 Å². The average Bonchev–Trinajstić information content (AvgIpc) is 3.29. The fourth-order valence-electron chi connectivity index (χ4n) is 2.68. The smallest absolute Gasteiger partial charge is 0.343 e. The first kappa shape index (κ1) is 19.3. The second-order valence-electron chi connectivity index (χ2n) is 6.08. The van der Waals surface area contributed by atoms with E-state index in [1.54, 1.807) is 11.4 Å². The van der Waals surface area contributed by atoms with Crippen molar-refractivity contribution in [3.8, 4) is 11.3 Å². The Kier molecular flexibility index (Phi) is 5.45. The number of carbonyl (C=O) groups is 1. The van der Waals surface area contributed by atoms with Gasteiger partial charge in [-0.15, -0.1) is 16.4 Å². The normalized spacial score (nSPS) is 11.0. The lowest BCUT2D eigenvalue weighted by Crippen LogP contribution is -2.11. The lowest BCUT2D eigenvalue weighted by Gasteiger charge is -2.08. The van der Waals surface area contributed by atoms with E-state index in [1.807, 2.05) is 11.6 Å². The Hall–Kier alpha value is -2.98. The SMILES string of the molecule is CCOC(=O)c1cnc(SC)nc1Nc1nc2scc(-c3ccc(C)cc3)n2n1. The van der Waals surface area contributed by atoms with Crippen molar-refractivity contribution in [3.05, 3.63) is 47.0 Å². The second-order valence-corrected chi connectivity index (χ2v) is 7.69. The average molecular weight is 427 g/mol. The van der Waals surface area contributed by atoms with Gasteiger partial charge >= 0.3 is 5.97 Å². The van der Waals surface area contributed by atoms with Crippen molar-refractivity contribution >= 4 is 45.8 Å². The van der Waals surface area contributed by atoms with Gasteiger partial charge in [0.25, 0.3) is 0 Å². The van der Waals surface area contributed by atoms with Gasteiger partial charge < -0.3 is 10.1 Å². The molecule has 0 aliphatic carbocycles. The van der Waals surface area contributed by atoms with Gasteiger partial charge in [-0.3, -0.25) is 0 Å². The molecule has 0 atom stereocenters. The van der Waals surface area contributed by atoms with Crippen molar-refractivity contribution in [2.24, 2.45) is 0 Å². The monoisotopic (exact) mass is 426 g/mol. The van der Waals surface area contributed by atoms with E-state index in [1.165, 1.54) is 34.9 Å². The molecule has 1 aromatic carbocycles. The third-order valence-electron chi connectivity index (χ3n) is 4.10. The molecule has 10 heteroatoms. The molecule has 148 valence electrons. The zero-order valence-corrected chi connectivity index (χ0v) is 17.7. The number of nitrogens with zero attached hydrogens (tertiary/aromatic N) is 5. The standard InChI is InChI=1S/C19H18N6O2S2/c1-4-27-16(26)13-9-20-18(28-3)22-15(13)21-17-23-19-25(24-17)14(10-29-19)12-7-5-11(2)6-8-12/h5-10H,4H2,1-3H3,(H,20,21,22,24). The van der Waals surface area contributed by atoms with Gasteiger partial charge in [-0.2, -0.15) is 4.98 Å². The van der Waals surface area contributed by atoms with E-state index in [0.29, 0.717) is 16.9 Å². The van der Waals surface area contributed by atoms with Crippen molar-refractivity contribution in [2.75, 3.05) is 18.2 Å². The molecule has 29 heavy (non-hydrogen) atoms. The van der Waals surface area contributed by atoms with Gasteiger partial charge in [-0.05, 0) is 20.1 Å². The highest BCUT2D eigenvalue weighted by molar-refractivity contribution is 7.98. The van der Waals surface area contributed by atoms with E-state index < -0.39 is 5.97 Å². The Balaban J connectivity index is 1.70. The molecule has 0 radical (unpaired) electrons. The first-order valence-corrected chi connectivity index (χ1v) is 11.0. The quantitative estimate of drug-likeness (QED) is 0.278. The molecule has 0 saturated carbocycles. The van der Waals surface area contributed by atoms with Crippen molar-refractivity contribution < 1.29 is 9.53 Å². The number of esters is 1. The van der Waals surface area contributed by atoms with E-state index in [-0.39, 0.29) is 12.2 Å². The third-order valence-corrected chi connectivity index (χ3v) is 5.48. The van der Waals surface area contributed by atoms with Crippen LogP contribution in [0.2, 0.25) is 0 Å². The van der Waals surface area contributed by atoms with Gasteiger partial charge in [0.2, 0.25) is 10.9 Å². The van der Waals surface area contributed by atoms with Crippen LogP contribution in [0.25, 0.3) is 16.2 Å². The number of hydrogen-bond donors (Lipinski definition) is 1. The molecule has 0 spiro atoms. The maximum atomic E-state index is 12.3. The molecule has 4 aromatic rings. The summed E-state index contributed by atoms with van der Waals surface area (Å²) in [5.74, 6) is 0.170. The fourth-order valence-corrected chi connectivity index (χ4v) is 3.85. The summed E-state index contributed by atoms with van der Waals surface area (Å²) in [5.41, 5.74) is 3.43. The molecule has 4 rings (SSSR count). The molecular formula is C19H18N6O2S2. The maximum Gasteiger partial charge on any atom is 0.343 e. The highest BCUT2D eigenvalue weighted by Gasteiger charge is 2.18. The summed E-state index contributed by atoms with van der Waals surface area (Å²) in [6.07, 6.45) is 3.32. The molecule has 8 nitrogen and oxygen atoms in total. The minimum atomic E-state index is -0.496. The van der Waals surface area contributed by atoms with E-state index >= 15 is 0 Å². The summed E-state index contributed by atoms with van der Waals surface area (Å²) in [6.45, 7) is 4.07. The number of thiazole rings is 1. The fraction of sp³-hybridized carbons (Fsp3) is 0.211. The Morgan fingerprint density at radius 1 is 1.28 bits per heavy atom. The van der Waals surface area contributed by atoms with Gasteiger partial charge in [-0.1, -0.05) is 41.6 Å². The number of rotatable bonds is 6. The highest BCUT2D eigenvalue weighted by Crippen LogP contribution is 2.27. The van der Waals surface area contributed by atoms with E-state index in [0.717, 1.165) is 16.2 Å². The minimum Gasteiger partial charge on any atom is -0.462 e. The molecule has 0 unspecified atom stereocenters. The molecule has 3 heterocycles. The molecule has 0 bridgehead atoms.